The van der Waals surface area contributed by atoms with Crippen LogP contribution >= 0.6 is 46.3 Å². The van der Waals surface area contributed by atoms with E-state index in [4.69, 9.17) is 32.7 Å². The highest BCUT2D eigenvalue weighted by Crippen LogP contribution is 2.40. The van der Waals surface area contributed by atoms with Crippen molar-refractivity contribution in [2.45, 2.75) is 56.1 Å². The molecule has 232 valence electrons. The molecule has 2 aliphatic rings. The molecule has 3 heterocycles. The maximum absolute atomic E-state index is 13.7. The minimum atomic E-state index is -3.98. The molecule has 43 heavy (non-hydrogen) atoms. The molecule has 1 saturated carbocycles. The predicted molar refractivity (Wildman–Crippen MR) is 161 cm³/mol. The van der Waals surface area contributed by atoms with Crippen LogP contribution in [0.5, 0.6) is 11.5 Å². The van der Waals surface area contributed by atoms with Crippen LogP contribution in [0.2, 0.25) is 10.0 Å². The van der Waals surface area contributed by atoms with Crippen molar-refractivity contribution in [3.05, 3.63) is 67.6 Å². The first-order valence-electron chi connectivity index (χ1n) is 13.4. The van der Waals surface area contributed by atoms with Gasteiger partial charge in [-0.05, 0) is 56.4 Å². The quantitative estimate of drug-likeness (QED) is 0.201. The summed E-state index contributed by atoms with van der Waals surface area (Å²) in [6.07, 6.45) is 4.01. The third-order valence-electron chi connectivity index (χ3n) is 7.00. The predicted octanol–water partition coefficient (Wildman–Crippen LogP) is 6.47. The smallest absolute Gasteiger partial charge is 0.387 e. The van der Waals surface area contributed by atoms with E-state index < -0.39 is 34.1 Å². The number of hydrogen-bond acceptors (Lipinski definition) is 8. The lowest BCUT2D eigenvalue weighted by Crippen LogP contribution is -2.40. The number of alkyl halides is 2. The first kappa shape index (κ1) is 32.2. The van der Waals surface area contributed by atoms with Crippen molar-refractivity contribution in [1.29, 1.82) is 0 Å². The summed E-state index contributed by atoms with van der Waals surface area (Å²) in [7, 11) is -3.98. The number of carbonyl (C=O) groups is 1. The molecule has 3 aromatic rings. The average Bonchev–Trinajstić information content (AvgIpc) is 3.50. The number of ether oxygens (including phenoxy) is 3. The number of aromatic amines is 1. The van der Waals surface area contributed by atoms with E-state index in [0.29, 0.717) is 44.3 Å². The second kappa shape index (κ2) is 13.5. The Kier molecular flexibility index (Phi) is 10.1. The van der Waals surface area contributed by atoms with E-state index in [1.807, 2.05) is 6.92 Å². The highest BCUT2D eigenvalue weighted by molar-refractivity contribution is 8.02. The fraction of sp³-hybridized carbons (Fsp3) is 0.429. The zero-order valence-electron chi connectivity index (χ0n) is 23.1. The Balaban J connectivity index is 1.47. The molecule has 8 nitrogen and oxygen atoms in total. The van der Waals surface area contributed by atoms with Crippen LogP contribution in [0.3, 0.4) is 0 Å². The van der Waals surface area contributed by atoms with Gasteiger partial charge in [0.2, 0.25) is 10.0 Å². The third-order valence-corrected chi connectivity index (χ3v) is 12.1. The number of benzene rings is 1. The van der Waals surface area contributed by atoms with Gasteiger partial charge in [0.25, 0.3) is 0 Å². The fourth-order valence-corrected chi connectivity index (χ4v) is 9.79. The lowest BCUT2D eigenvalue weighted by atomic mass is 10.0. The summed E-state index contributed by atoms with van der Waals surface area (Å²) in [6.45, 7) is 0.947. The minimum Gasteiger partial charge on any atom is -0.489 e. The molecule has 0 amide bonds. The molecule has 1 aromatic carbocycles. The molecule has 0 bridgehead atoms. The summed E-state index contributed by atoms with van der Waals surface area (Å²) in [5.41, 5.74) is 0.878. The van der Waals surface area contributed by atoms with E-state index in [-0.39, 0.29) is 29.4 Å². The van der Waals surface area contributed by atoms with E-state index in [9.17, 15) is 22.0 Å². The number of hydrogen-bond donors (Lipinski definition) is 0. The molecule has 2 atom stereocenters. The number of aryl methyl sites for hydroxylation is 2. The van der Waals surface area contributed by atoms with Crippen molar-refractivity contribution < 1.29 is 41.2 Å². The number of thiophene rings is 1. The number of nitrogens with one attached hydrogen (secondary N) is 1. The van der Waals surface area contributed by atoms with Gasteiger partial charge in [-0.3, -0.25) is 0 Å². The summed E-state index contributed by atoms with van der Waals surface area (Å²) >= 11 is 15.4. The van der Waals surface area contributed by atoms with Crippen LogP contribution in [0.15, 0.2) is 41.6 Å². The van der Waals surface area contributed by atoms with Crippen LogP contribution < -0.4 is 14.5 Å². The van der Waals surface area contributed by atoms with Gasteiger partial charge in [0.15, 0.2) is 29.3 Å². The van der Waals surface area contributed by atoms with Gasteiger partial charge in [0.05, 0.1) is 11.5 Å². The van der Waals surface area contributed by atoms with Crippen molar-refractivity contribution in [1.82, 2.24) is 4.31 Å². The zero-order chi connectivity index (χ0) is 30.9. The van der Waals surface area contributed by atoms with Crippen LogP contribution in [-0.4, -0.2) is 49.6 Å². The molecule has 2 aromatic heterocycles. The van der Waals surface area contributed by atoms with Gasteiger partial charge in [-0.2, -0.15) is 13.1 Å². The number of aromatic nitrogens is 1. The van der Waals surface area contributed by atoms with Gasteiger partial charge < -0.3 is 14.2 Å². The van der Waals surface area contributed by atoms with Crippen LogP contribution in [0.1, 0.15) is 39.8 Å². The Hall–Kier alpha value is -2.16. The molecule has 1 aliphatic heterocycles. The number of carbonyl (C=O) groups excluding carboxylic acids is 1. The number of sulfonamides is 1. The molecular weight excluding hydrogens is 665 g/mol. The highest BCUT2D eigenvalue weighted by atomic mass is 35.5. The molecule has 0 radical (unpaired) electrons. The minimum absolute atomic E-state index is 0.0160. The molecule has 2 fully saturated rings. The van der Waals surface area contributed by atoms with Gasteiger partial charge in [-0.1, -0.05) is 29.3 Å². The molecule has 15 heteroatoms. The molecule has 0 unspecified atom stereocenters. The van der Waals surface area contributed by atoms with Gasteiger partial charge in [-0.25, -0.2) is 18.2 Å². The SMILES string of the molecule is Cc1cc(S(=O)(=O)N2CCS[C@H]2C(=O)O[C@@H](Cc2c(Cl)c[nH+]cc2Cl)c2ccc(OC(F)F)c(OCC3CC3)c2)c(C)s1. The van der Waals surface area contributed by atoms with Crippen molar-refractivity contribution in [3.63, 3.8) is 0 Å². The van der Waals surface area contributed by atoms with E-state index in [2.05, 4.69) is 9.72 Å². The number of halogens is 4. The monoisotopic (exact) mass is 693 g/mol. The summed E-state index contributed by atoms with van der Waals surface area (Å²) in [5, 5.41) is -0.549. The van der Waals surface area contributed by atoms with Gasteiger partial charge in [-0.15, -0.1) is 23.1 Å². The van der Waals surface area contributed by atoms with E-state index in [1.54, 1.807) is 13.0 Å². The maximum Gasteiger partial charge on any atom is 0.387 e. The summed E-state index contributed by atoms with van der Waals surface area (Å²) in [4.78, 5) is 18.2. The van der Waals surface area contributed by atoms with Crippen LogP contribution in [-0.2, 0) is 26.0 Å². The van der Waals surface area contributed by atoms with Crippen LogP contribution in [0, 0.1) is 19.8 Å². The molecule has 1 saturated heterocycles. The Labute approximate surface area is 266 Å². The molecule has 0 spiro atoms. The number of H-pyrrole nitrogens is 1. The normalized spacial score (nSPS) is 18.2. The van der Waals surface area contributed by atoms with E-state index in [1.165, 1.54) is 41.9 Å². The highest BCUT2D eigenvalue weighted by Gasteiger charge is 2.43. The topological polar surface area (TPSA) is 96.3 Å². The number of esters is 1. The number of thioether (sulfide) groups is 1. The van der Waals surface area contributed by atoms with Crippen molar-refractivity contribution in [2.75, 3.05) is 18.9 Å². The lowest BCUT2D eigenvalue weighted by molar-refractivity contribution is -0.377. The molecular formula is C28H29Cl2F2N2O6S3+. The summed E-state index contributed by atoms with van der Waals surface area (Å²) in [5.74, 6) is -0.120. The third kappa shape index (κ3) is 7.56. The largest absolute Gasteiger partial charge is 0.489 e. The Morgan fingerprint density at radius 1 is 1.14 bits per heavy atom. The first-order valence-corrected chi connectivity index (χ1v) is 17.5. The Bertz CT molecular complexity index is 1580. The average molecular weight is 695 g/mol. The Morgan fingerprint density at radius 2 is 1.86 bits per heavy atom. The van der Waals surface area contributed by atoms with E-state index >= 15 is 0 Å². The van der Waals surface area contributed by atoms with Gasteiger partial charge >= 0.3 is 12.6 Å². The second-order valence-corrected chi connectivity index (χ2v) is 15.5. The molecule has 1 aliphatic carbocycles. The zero-order valence-corrected chi connectivity index (χ0v) is 27.1. The van der Waals surface area contributed by atoms with Crippen LogP contribution in [0.4, 0.5) is 8.78 Å². The van der Waals surface area contributed by atoms with Gasteiger partial charge in [0.1, 0.15) is 16.1 Å². The Morgan fingerprint density at radius 3 is 2.49 bits per heavy atom. The van der Waals surface area contributed by atoms with Crippen molar-refractivity contribution in [2.24, 2.45) is 5.92 Å². The summed E-state index contributed by atoms with van der Waals surface area (Å²) in [6, 6.07) is 5.91. The van der Waals surface area contributed by atoms with Crippen LogP contribution in [0.25, 0.3) is 0 Å². The number of pyridine rings is 1. The van der Waals surface area contributed by atoms with Crippen molar-refractivity contribution in [3.8, 4) is 11.5 Å². The fourth-order valence-electron chi connectivity index (χ4n) is 4.68. The number of nitrogens with zero attached hydrogens (tertiary/aromatic N) is 1. The standard InChI is InChI=1S/C28H28Cl2F2N2O6S3/c1-15-9-25(16(2)42-15)43(36,37)34-7-8-41-26(34)27(35)39-23(11-19-20(29)12-33-13-21(19)30)18-5-6-22(40-28(31)32)24(10-18)38-14-17-3-4-17/h5-6,9-10,12-13,17,23,26,28H,3-4,7-8,11,14H2,1-2H3/p+1/t23-,26-/m0/s1. The summed E-state index contributed by atoms with van der Waals surface area (Å²) < 4.78 is 71.2. The van der Waals surface area contributed by atoms with Gasteiger partial charge in [0, 0.05) is 34.0 Å². The molecule has 5 rings (SSSR count). The lowest BCUT2D eigenvalue weighted by Gasteiger charge is -2.26. The van der Waals surface area contributed by atoms with Crippen molar-refractivity contribution >= 4 is 62.3 Å². The number of rotatable bonds is 12. The molecule has 1 N–H and O–H groups in total. The van der Waals surface area contributed by atoms with E-state index in [0.717, 1.165) is 33.8 Å². The maximum atomic E-state index is 13.7. The second-order valence-electron chi connectivity index (χ2n) is 10.2. The first-order chi connectivity index (χ1) is 20.4.